The molecule has 0 radical (unpaired) electrons. The van der Waals surface area contributed by atoms with E-state index in [-0.39, 0.29) is 0 Å². The molecule has 138 valence electrons. The molecule has 1 fully saturated rings. The summed E-state index contributed by atoms with van der Waals surface area (Å²) in [5, 5.41) is 20.3. The number of nitrogens with zero attached hydrogens (tertiary/aromatic N) is 3. The van der Waals surface area contributed by atoms with Crippen LogP contribution in [0.1, 0.15) is 11.9 Å². The summed E-state index contributed by atoms with van der Waals surface area (Å²) in [7, 11) is -3.23. The highest BCUT2D eigenvalue weighted by atomic mass is 31.2. The highest BCUT2D eigenvalue weighted by Gasteiger charge is 2.45. The highest BCUT2D eigenvalue weighted by molar-refractivity contribution is 7.46. The number of hydrogen-bond donors (Lipinski definition) is 4. The van der Waals surface area contributed by atoms with E-state index in [2.05, 4.69) is 14.5 Å². The van der Waals surface area contributed by atoms with Gasteiger partial charge in [-0.05, 0) is 6.92 Å². The van der Waals surface area contributed by atoms with Gasteiger partial charge in [-0.15, -0.1) is 0 Å². The van der Waals surface area contributed by atoms with Crippen LogP contribution < -0.4 is 4.74 Å². The molecule has 4 atom stereocenters. The number of hydrogen-bond acceptors (Lipinski definition) is 8. The average molecular weight is 375 g/mol. The summed E-state index contributed by atoms with van der Waals surface area (Å²) in [6.07, 6.45) is -3.56. The van der Waals surface area contributed by atoms with E-state index >= 15 is 0 Å². The van der Waals surface area contributed by atoms with E-state index in [1.165, 1.54) is 18.0 Å². The smallest absolute Gasteiger partial charge is 0.469 e. The molecule has 0 aliphatic carbocycles. The molecule has 0 aromatic carbocycles. The molecule has 25 heavy (non-hydrogen) atoms. The second kappa shape index (κ2) is 6.61. The Morgan fingerprint density at radius 2 is 2.08 bits per heavy atom. The third kappa shape index (κ3) is 3.53. The van der Waals surface area contributed by atoms with Crippen molar-refractivity contribution in [1.29, 1.82) is 0 Å². The van der Waals surface area contributed by atoms with Crippen LogP contribution >= 0.6 is 7.82 Å². The molecule has 1 aliphatic rings. The van der Waals surface area contributed by atoms with E-state index in [0.29, 0.717) is 22.6 Å². The monoisotopic (exact) mass is 375 g/mol. The zero-order valence-corrected chi connectivity index (χ0v) is 14.3. The largest absolute Gasteiger partial charge is 0.494 e. The van der Waals surface area contributed by atoms with Gasteiger partial charge in [-0.25, -0.2) is 14.5 Å². The summed E-state index contributed by atoms with van der Waals surface area (Å²) < 4.78 is 27.4. The van der Waals surface area contributed by atoms with Gasteiger partial charge in [-0.3, -0.25) is 9.09 Å². The maximum absolute atomic E-state index is 10.8. The molecule has 2 aromatic heterocycles. The van der Waals surface area contributed by atoms with Crippen molar-refractivity contribution in [3.63, 3.8) is 0 Å². The summed E-state index contributed by atoms with van der Waals surface area (Å²) in [5.41, 5.74) is 1.48. The average Bonchev–Trinajstić information content (AvgIpc) is 3.06. The van der Waals surface area contributed by atoms with Crippen molar-refractivity contribution in [2.75, 3.05) is 13.7 Å². The number of aliphatic hydroxyl groups excluding tert-OH is 2. The molecule has 0 saturated carbocycles. The van der Waals surface area contributed by atoms with E-state index in [9.17, 15) is 14.8 Å². The number of pyridine rings is 1. The Labute approximate surface area is 142 Å². The number of aliphatic hydroxyl groups is 2. The Hall–Kier alpha value is -1.59. The van der Waals surface area contributed by atoms with Gasteiger partial charge in [0.1, 0.15) is 29.6 Å². The van der Waals surface area contributed by atoms with Crippen LogP contribution in [0.5, 0.6) is 5.75 Å². The Morgan fingerprint density at radius 3 is 2.72 bits per heavy atom. The molecular formula is C13H18N3O8P. The number of aromatic nitrogens is 3. The van der Waals surface area contributed by atoms with Crippen molar-refractivity contribution in [3.05, 3.63) is 18.1 Å². The zero-order valence-electron chi connectivity index (χ0n) is 13.4. The van der Waals surface area contributed by atoms with Crippen molar-refractivity contribution in [2.45, 2.75) is 31.5 Å². The van der Waals surface area contributed by atoms with Gasteiger partial charge < -0.3 is 29.5 Å². The van der Waals surface area contributed by atoms with Gasteiger partial charge in [0.15, 0.2) is 11.9 Å². The first-order chi connectivity index (χ1) is 11.7. The van der Waals surface area contributed by atoms with E-state index < -0.39 is 39.0 Å². The summed E-state index contributed by atoms with van der Waals surface area (Å²) in [5.74, 6) is 0.496. The Bertz CT molecular complexity index is 821. The number of phosphoric acid groups is 1. The van der Waals surface area contributed by atoms with Crippen LogP contribution in [0.2, 0.25) is 0 Å². The van der Waals surface area contributed by atoms with Crippen LogP contribution in [0.4, 0.5) is 0 Å². The van der Waals surface area contributed by atoms with Crippen LogP contribution in [0.25, 0.3) is 11.2 Å². The fourth-order valence-electron chi connectivity index (χ4n) is 2.71. The van der Waals surface area contributed by atoms with Crippen LogP contribution in [0.15, 0.2) is 12.4 Å². The van der Waals surface area contributed by atoms with E-state index in [0.717, 1.165) is 0 Å². The van der Waals surface area contributed by atoms with Gasteiger partial charge in [-0.2, -0.15) is 0 Å². The molecule has 3 heterocycles. The molecule has 4 N–H and O–H groups in total. The normalized spacial score (nSPS) is 27.1. The Kier molecular flexibility index (Phi) is 4.82. The van der Waals surface area contributed by atoms with Crippen LogP contribution in [-0.4, -0.2) is 66.6 Å². The fourth-order valence-corrected chi connectivity index (χ4v) is 3.05. The second-order valence-corrected chi connectivity index (χ2v) is 6.86. The third-order valence-electron chi connectivity index (χ3n) is 3.86. The number of rotatable bonds is 5. The molecule has 0 amide bonds. The standard InChI is InChI=1S/C13H18N3O8P/c1-6-3-7(22-2)9-12(15-6)16(5-14-9)13-11(18)10(17)8(24-13)4-23-25(19,20)21/h3,5,8,10-11,13,17-18H,4H2,1-2H3,(H2,19,20,21)/t8-,10-,11-,13-/m1/s1. The molecule has 0 unspecified atom stereocenters. The number of aryl methyl sites for hydroxylation is 1. The van der Waals surface area contributed by atoms with Crippen LogP contribution in [-0.2, 0) is 13.8 Å². The first kappa shape index (κ1) is 18.2. The van der Waals surface area contributed by atoms with Gasteiger partial charge in [0, 0.05) is 11.8 Å². The minimum absolute atomic E-state index is 0.379. The van der Waals surface area contributed by atoms with Crippen LogP contribution in [0, 0.1) is 6.92 Å². The number of ether oxygens (including phenoxy) is 2. The topological polar surface area (TPSA) is 156 Å². The van der Waals surface area contributed by atoms with Gasteiger partial charge >= 0.3 is 7.82 Å². The van der Waals surface area contributed by atoms with Crippen molar-refractivity contribution < 1.29 is 38.6 Å². The van der Waals surface area contributed by atoms with Gasteiger partial charge in [0.2, 0.25) is 0 Å². The minimum atomic E-state index is -4.72. The molecule has 1 aliphatic heterocycles. The van der Waals surface area contributed by atoms with Crippen molar-refractivity contribution in [3.8, 4) is 5.75 Å². The quantitative estimate of drug-likeness (QED) is 0.501. The molecule has 0 bridgehead atoms. The van der Waals surface area contributed by atoms with Crippen LogP contribution in [0.3, 0.4) is 0 Å². The molecule has 11 nitrogen and oxygen atoms in total. The number of fused-ring (bicyclic) bond motifs is 1. The summed E-state index contributed by atoms with van der Waals surface area (Å²) in [4.78, 5) is 26.1. The maximum atomic E-state index is 10.8. The first-order valence-corrected chi connectivity index (χ1v) is 8.84. The van der Waals surface area contributed by atoms with E-state index in [4.69, 9.17) is 19.3 Å². The van der Waals surface area contributed by atoms with E-state index in [1.807, 2.05) is 0 Å². The molecule has 3 rings (SSSR count). The lowest BCUT2D eigenvalue weighted by atomic mass is 10.1. The fraction of sp³-hybridized carbons (Fsp3) is 0.538. The highest BCUT2D eigenvalue weighted by Crippen LogP contribution is 2.39. The summed E-state index contributed by atoms with van der Waals surface area (Å²) >= 11 is 0. The molecule has 2 aromatic rings. The first-order valence-electron chi connectivity index (χ1n) is 7.31. The Morgan fingerprint density at radius 1 is 1.36 bits per heavy atom. The van der Waals surface area contributed by atoms with Crippen molar-refractivity contribution in [1.82, 2.24) is 14.5 Å². The number of methoxy groups -OCH3 is 1. The van der Waals surface area contributed by atoms with Crippen molar-refractivity contribution in [2.24, 2.45) is 0 Å². The molecule has 12 heteroatoms. The predicted molar refractivity (Wildman–Crippen MR) is 82.7 cm³/mol. The molecule has 0 spiro atoms. The van der Waals surface area contributed by atoms with Crippen molar-refractivity contribution >= 4 is 19.0 Å². The second-order valence-electron chi connectivity index (χ2n) is 5.62. The number of imidazole rings is 1. The number of phosphoric ester groups is 1. The zero-order chi connectivity index (χ0) is 18.4. The minimum Gasteiger partial charge on any atom is -0.494 e. The SMILES string of the molecule is COc1cc(C)nc2c1ncn2[C@@H]1O[C@H](COP(=O)(O)O)[C@@H](O)[C@H]1O. The predicted octanol–water partition coefficient (Wildman–Crippen LogP) is -0.523. The third-order valence-corrected chi connectivity index (χ3v) is 4.35. The molecule has 1 saturated heterocycles. The lowest BCUT2D eigenvalue weighted by molar-refractivity contribution is -0.0504. The van der Waals surface area contributed by atoms with Gasteiger partial charge in [-0.1, -0.05) is 0 Å². The van der Waals surface area contributed by atoms with E-state index in [1.54, 1.807) is 13.0 Å². The maximum Gasteiger partial charge on any atom is 0.469 e. The van der Waals surface area contributed by atoms with Gasteiger partial charge in [0.05, 0.1) is 20.0 Å². The lowest BCUT2D eigenvalue weighted by Crippen LogP contribution is -2.33. The lowest BCUT2D eigenvalue weighted by Gasteiger charge is -2.17. The molecular weight excluding hydrogens is 357 g/mol. The summed E-state index contributed by atoms with van der Waals surface area (Å²) in [6.45, 7) is 1.18. The van der Waals surface area contributed by atoms with Gasteiger partial charge in [0.25, 0.3) is 0 Å². The Balaban J connectivity index is 1.90. The summed E-state index contributed by atoms with van der Waals surface area (Å²) in [6, 6.07) is 1.71.